The number of benzene rings is 1. The van der Waals surface area contributed by atoms with Crippen molar-refractivity contribution in [2.75, 3.05) is 12.9 Å². The van der Waals surface area contributed by atoms with Crippen molar-refractivity contribution in [1.29, 1.82) is 0 Å². The number of thiazole rings is 1. The molecule has 0 bridgehead atoms. The molecule has 3 unspecified atom stereocenters. The van der Waals surface area contributed by atoms with Crippen LogP contribution in [0.3, 0.4) is 0 Å². The van der Waals surface area contributed by atoms with E-state index >= 15 is 0 Å². The maximum atomic E-state index is 9.32. The maximum absolute atomic E-state index is 9.32. The van der Waals surface area contributed by atoms with Crippen molar-refractivity contribution in [1.82, 2.24) is 10.3 Å². The number of fused-ring (bicyclic) bond motifs is 1. The highest BCUT2D eigenvalue weighted by Crippen LogP contribution is 2.26. The van der Waals surface area contributed by atoms with E-state index in [9.17, 15) is 5.11 Å². The Morgan fingerprint density at radius 3 is 2.74 bits per heavy atom. The Hall–Kier alpha value is -0.620. The van der Waals surface area contributed by atoms with E-state index in [-0.39, 0.29) is 23.9 Å². The van der Waals surface area contributed by atoms with Crippen LogP contribution in [0.5, 0.6) is 0 Å². The molecule has 1 heterocycles. The molecule has 0 aliphatic rings. The van der Waals surface area contributed by atoms with Crippen LogP contribution < -0.4 is 5.32 Å². The average molecular weight is 296 g/mol. The maximum Gasteiger partial charge on any atom is 0.111 e. The van der Waals surface area contributed by atoms with E-state index in [4.69, 9.17) is 0 Å². The molecule has 104 valence electrons. The summed E-state index contributed by atoms with van der Waals surface area (Å²) in [4.78, 5) is 4.66. The van der Waals surface area contributed by atoms with Gasteiger partial charge in [-0.15, -0.1) is 11.3 Å². The number of nitrogens with zero attached hydrogens (tertiary/aromatic N) is 1. The summed E-state index contributed by atoms with van der Waals surface area (Å²) in [7, 11) is 0. The molecule has 0 radical (unpaired) electrons. The zero-order valence-corrected chi connectivity index (χ0v) is 13.1. The van der Waals surface area contributed by atoms with Gasteiger partial charge in [-0.25, -0.2) is 4.98 Å². The molecule has 2 N–H and O–H groups in total. The molecule has 0 fully saturated rings. The van der Waals surface area contributed by atoms with Crippen molar-refractivity contribution in [3.05, 3.63) is 29.3 Å². The van der Waals surface area contributed by atoms with Crippen LogP contribution in [0, 0.1) is 0 Å². The molecule has 0 amide bonds. The third kappa shape index (κ3) is 3.48. The molecule has 19 heavy (non-hydrogen) atoms. The summed E-state index contributed by atoms with van der Waals surface area (Å²) in [6.45, 7) is 4.44. The van der Waals surface area contributed by atoms with Gasteiger partial charge in [-0.2, -0.15) is 11.8 Å². The number of aromatic nitrogens is 1. The zero-order chi connectivity index (χ0) is 13.8. The summed E-state index contributed by atoms with van der Waals surface area (Å²) in [6, 6.07) is 8.66. The Balaban J connectivity index is 2.08. The quantitative estimate of drug-likeness (QED) is 0.860. The Labute approximate surface area is 122 Å². The largest absolute Gasteiger partial charge is 0.395 e. The lowest BCUT2D eigenvalue weighted by atomic mass is 10.2. The van der Waals surface area contributed by atoms with Gasteiger partial charge >= 0.3 is 0 Å². The minimum Gasteiger partial charge on any atom is -0.395 e. The number of hydrogen-bond acceptors (Lipinski definition) is 5. The second-order valence-electron chi connectivity index (χ2n) is 4.65. The summed E-state index contributed by atoms with van der Waals surface area (Å²) < 4.78 is 1.22. The van der Waals surface area contributed by atoms with Gasteiger partial charge < -0.3 is 10.4 Å². The lowest BCUT2D eigenvalue weighted by molar-refractivity contribution is 0.272. The Bertz CT molecular complexity index is 492. The fourth-order valence-corrected chi connectivity index (χ4v) is 3.70. The van der Waals surface area contributed by atoms with Crippen LogP contribution in [-0.4, -0.2) is 34.2 Å². The molecule has 1 aromatic carbocycles. The molecule has 3 nitrogen and oxygen atoms in total. The molecule has 0 saturated heterocycles. The van der Waals surface area contributed by atoms with Crippen LogP contribution in [0.15, 0.2) is 24.3 Å². The van der Waals surface area contributed by atoms with Crippen LogP contribution in [-0.2, 0) is 0 Å². The number of rotatable bonds is 6. The minimum atomic E-state index is 0.196. The first kappa shape index (κ1) is 14.8. The Morgan fingerprint density at radius 1 is 1.37 bits per heavy atom. The molecule has 5 heteroatoms. The lowest BCUT2D eigenvalue weighted by Gasteiger charge is -2.24. The van der Waals surface area contributed by atoms with E-state index in [2.05, 4.69) is 30.2 Å². The van der Waals surface area contributed by atoms with Gasteiger partial charge in [-0.05, 0) is 32.2 Å². The van der Waals surface area contributed by atoms with E-state index < -0.39 is 0 Å². The van der Waals surface area contributed by atoms with Crippen molar-refractivity contribution in [3.8, 4) is 0 Å². The summed E-state index contributed by atoms with van der Waals surface area (Å²) >= 11 is 3.42. The molecule has 2 rings (SSSR count). The van der Waals surface area contributed by atoms with Gasteiger partial charge in [0.25, 0.3) is 0 Å². The monoisotopic (exact) mass is 296 g/mol. The molecule has 0 aliphatic carbocycles. The van der Waals surface area contributed by atoms with Gasteiger partial charge in [0, 0.05) is 11.3 Å². The summed E-state index contributed by atoms with van der Waals surface area (Å²) in [5.74, 6) is 0. The third-order valence-electron chi connectivity index (χ3n) is 3.23. The number of aliphatic hydroxyl groups is 1. The van der Waals surface area contributed by atoms with Crippen LogP contribution in [0.25, 0.3) is 10.2 Å². The van der Waals surface area contributed by atoms with E-state index in [0.29, 0.717) is 0 Å². The highest BCUT2D eigenvalue weighted by molar-refractivity contribution is 7.99. The number of hydrogen-bond donors (Lipinski definition) is 2. The molecule has 1 aromatic heterocycles. The predicted octanol–water partition coefficient (Wildman–Crippen LogP) is 3.06. The molecular weight excluding hydrogens is 276 g/mol. The van der Waals surface area contributed by atoms with Crippen LogP contribution >= 0.6 is 23.1 Å². The second kappa shape index (κ2) is 6.70. The minimum absolute atomic E-state index is 0.196. The smallest absolute Gasteiger partial charge is 0.111 e. The van der Waals surface area contributed by atoms with Gasteiger partial charge in [0.1, 0.15) is 5.01 Å². The van der Waals surface area contributed by atoms with Crippen molar-refractivity contribution in [2.45, 2.75) is 31.2 Å². The molecule has 0 saturated carbocycles. The van der Waals surface area contributed by atoms with E-state index in [1.807, 2.05) is 24.5 Å². The SMILES string of the molecule is CSC(CO)C(C)NC(C)c1nc2ccccc2s1. The summed E-state index contributed by atoms with van der Waals surface area (Å²) in [5.41, 5.74) is 1.06. The normalized spacial score (nSPS) is 16.4. The van der Waals surface area contributed by atoms with Gasteiger partial charge in [0.05, 0.1) is 22.9 Å². The summed E-state index contributed by atoms with van der Waals surface area (Å²) in [5, 5.41) is 14.2. The molecule has 0 aliphatic heterocycles. The van der Waals surface area contributed by atoms with Crippen LogP contribution in [0.1, 0.15) is 24.9 Å². The number of nitrogens with one attached hydrogen (secondary N) is 1. The molecule has 3 atom stereocenters. The van der Waals surface area contributed by atoms with Gasteiger partial charge in [-0.1, -0.05) is 12.1 Å². The Morgan fingerprint density at radius 2 is 2.11 bits per heavy atom. The number of thioether (sulfide) groups is 1. The zero-order valence-electron chi connectivity index (χ0n) is 11.5. The van der Waals surface area contributed by atoms with Gasteiger partial charge in [0.15, 0.2) is 0 Å². The third-order valence-corrected chi connectivity index (χ3v) is 5.62. The topological polar surface area (TPSA) is 45.1 Å². The average Bonchev–Trinajstić information content (AvgIpc) is 2.84. The first-order valence-corrected chi connectivity index (χ1v) is 8.51. The van der Waals surface area contributed by atoms with Crippen LogP contribution in [0.2, 0.25) is 0 Å². The first-order valence-electron chi connectivity index (χ1n) is 6.41. The summed E-state index contributed by atoms with van der Waals surface area (Å²) in [6.07, 6.45) is 2.03. The standard InChI is InChI=1S/C14H20N2OS2/c1-9(13(8-17)18-3)15-10(2)14-16-11-6-4-5-7-12(11)19-14/h4-7,9-10,13,15,17H,8H2,1-3H3. The molecule has 0 spiro atoms. The Kier molecular flexibility index (Phi) is 5.21. The fourth-order valence-electron chi connectivity index (χ4n) is 2.08. The van der Waals surface area contributed by atoms with Crippen molar-refractivity contribution >= 4 is 33.3 Å². The van der Waals surface area contributed by atoms with Gasteiger partial charge in [-0.3, -0.25) is 0 Å². The lowest BCUT2D eigenvalue weighted by Crippen LogP contribution is -2.38. The van der Waals surface area contributed by atoms with E-state index in [1.165, 1.54) is 4.70 Å². The van der Waals surface area contributed by atoms with E-state index in [0.717, 1.165) is 10.5 Å². The van der Waals surface area contributed by atoms with Crippen LogP contribution in [0.4, 0.5) is 0 Å². The van der Waals surface area contributed by atoms with Gasteiger partial charge in [0.2, 0.25) is 0 Å². The predicted molar refractivity (Wildman–Crippen MR) is 85.0 cm³/mol. The van der Waals surface area contributed by atoms with Crippen molar-refractivity contribution in [2.24, 2.45) is 0 Å². The molecule has 2 aromatic rings. The first-order chi connectivity index (χ1) is 9.15. The molecular formula is C14H20N2OS2. The highest BCUT2D eigenvalue weighted by atomic mass is 32.2. The highest BCUT2D eigenvalue weighted by Gasteiger charge is 2.19. The number of aliphatic hydroxyl groups excluding tert-OH is 1. The second-order valence-corrected chi connectivity index (χ2v) is 6.79. The van der Waals surface area contributed by atoms with Crippen molar-refractivity contribution in [3.63, 3.8) is 0 Å². The van der Waals surface area contributed by atoms with E-state index in [1.54, 1.807) is 23.1 Å². The fraction of sp³-hybridized carbons (Fsp3) is 0.500. The number of para-hydroxylation sites is 1. The van der Waals surface area contributed by atoms with Crippen molar-refractivity contribution < 1.29 is 5.11 Å².